The van der Waals surface area contributed by atoms with E-state index in [-0.39, 0.29) is 5.69 Å². The van der Waals surface area contributed by atoms with Gasteiger partial charge in [-0.25, -0.2) is 9.84 Å². The van der Waals surface area contributed by atoms with E-state index in [1.807, 2.05) is 0 Å². The van der Waals surface area contributed by atoms with Crippen molar-refractivity contribution in [3.05, 3.63) is 35.2 Å². The molecule has 25 heavy (non-hydrogen) atoms. The van der Waals surface area contributed by atoms with Crippen LogP contribution < -0.4 is 5.73 Å². The highest BCUT2D eigenvalue weighted by Crippen LogP contribution is 2.40. The van der Waals surface area contributed by atoms with E-state index in [9.17, 15) is 26.3 Å². The Bertz CT molecular complexity index is 773. The Hall–Kier alpha value is -2.64. The highest BCUT2D eigenvalue weighted by Gasteiger charge is 2.50. The summed E-state index contributed by atoms with van der Waals surface area (Å²) >= 11 is 0. The molecule has 0 saturated carbocycles. The van der Waals surface area contributed by atoms with Crippen molar-refractivity contribution in [1.29, 1.82) is 0 Å². The van der Waals surface area contributed by atoms with Crippen LogP contribution in [0.25, 0.3) is 4.85 Å². The van der Waals surface area contributed by atoms with Crippen molar-refractivity contribution in [2.24, 2.45) is 21.0 Å². The van der Waals surface area contributed by atoms with Crippen molar-refractivity contribution in [1.82, 2.24) is 0 Å². The maximum atomic E-state index is 12.9. The van der Waals surface area contributed by atoms with Gasteiger partial charge in [-0.2, -0.15) is 36.6 Å². The lowest BCUT2D eigenvalue weighted by Crippen LogP contribution is -2.41. The number of benzene rings is 1. The molecule has 0 spiro atoms. The van der Waals surface area contributed by atoms with Crippen LogP contribution in [0.4, 0.5) is 37.7 Å². The van der Waals surface area contributed by atoms with Crippen molar-refractivity contribution in [2.75, 3.05) is 0 Å². The minimum atomic E-state index is -4.78. The Balaban J connectivity index is 2.35. The summed E-state index contributed by atoms with van der Waals surface area (Å²) in [5.41, 5.74) is 2.03. The molecule has 134 valence electrons. The minimum absolute atomic E-state index is 0.246. The molecule has 0 saturated heterocycles. The third-order valence-corrected chi connectivity index (χ3v) is 3.59. The predicted molar refractivity (Wildman–Crippen MR) is 76.7 cm³/mol. The Kier molecular flexibility index (Phi) is 4.50. The highest BCUT2D eigenvalue weighted by atomic mass is 19.4. The van der Waals surface area contributed by atoms with Crippen LogP contribution in [0, 0.1) is 6.57 Å². The van der Waals surface area contributed by atoms with Gasteiger partial charge in [0, 0.05) is 6.42 Å². The molecule has 0 amide bonds. The molecular formula is C14H11F6N5. The van der Waals surface area contributed by atoms with E-state index in [0.717, 1.165) is 12.1 Å². The molecule has 1 aromatic carbocycles. The number of nitrogens with zero attached hydrogens (tertiary/aromatic N) is 4. The molecule has 11 heteroatoms. The molecule has 1 aliphatic heterocycles. The molecular weight excluding hydrogens is 352 g/mol. The van der Waals surface area contributed by atoms with Gasteiger partial charge in [-0.3, -0.25) is 0 Å². The van der Waals surface area contributed by atoms with E-state index >= 15 is 0 Å². The van der Waals surface area contributed by atoms with Crippen LogP contribution >= 0.6 is 0 Å². The molecule has 0 aliphatic carbocycles. The van der Waals surface area contributed by atoms with E-state index in [4.69, 9.17) is 12.3 Å². The summed E-state index contributed by atoms with van der Waals surface area (Å²) in [7, 11) is 0. The van der Waals surface area contributed by atoms with E-state index in [2.05, 4.69) is 20.1 Å². The zero-order chi connectivity index (χ0) is 19.0. The average molecular weight is 363 g/mol. The van der Waals surface area contributed by atoms with Gasteiger partial charge in [0.15, 0.2) is 11.7 Å². The van der Waals surface area contributed by atoms with Gasteiger partial charge in [0.25, 0.3) is 0 Å². The number of hydrogen-bond donors (Lipinski definition) is 1. The van der Waals surface area contributed by atoms with Gasteiger partial charge in [0.05, 0.1) is 17.8 Å². The molecule has 0 aromatic heterocycles. The van der Waals surface area contributed by atoms with Gasteiger partial charge in [-0.15, -0.1) is 0 Å². The molecule has 2 atom stereocenters. The Morgan fingerprint density at radius 3 is 2.44 bits per heavy atom. The fraction of sp³-hybridized carbons (Fsp3) is 0.429. The molecule has 1 aromatic rings. The lowest BCUT2D eigenvalue weighted by Gasteiger charge is -2.20. The fourth-order valence-electron chi connectivity index (χ4n) is 2.17. The van der Waals surface area contributed by atoms with E-state index in [1.165, 1.54) is 6.92 Å². The van der Waals surface area contributed by atoms with E-state index < -0.39 is 47.4 Å². The zero-order valence-corrected chi connectivity index (χ0v) is 12.7. The Labute approximate surface area is 138 Å². The summed E-state index contributed by atoms with van der Waals surface area (Å²) in [6.07, 6.45) is -9.96. The van der Waals surface area contributed by atoms with Gasteiger partial charge in [0.2, 0.25) is 0 Å². The van der Waals surface area contributed by atoms with Gasteiger partial charge < -0.3 is 5.73 Å². The van der Waals surface area contributed by atoms with Crippen LogP contribution in [0.15, 0.2) is 33.4 Å². The number of alkyl halides is 6. The number of rotatable bonds is 2. The zero-order valence-electron chi connectivity index (χ0n) is 12.7. The fourth-order valence-corrected chi connectivity index (χ4v) is 2.17. The van der Waals surface area contributed by atoms with Gasteiger partial charge in [0.1, 0.15) is 11.4 Å². The Morgan fingerprint density at radius 1 is 1.32 bits per heavy atom. The second-order valence-electron chi connectivity index (χ2n) is 5.56. The molecule has 1 aliphatic rings. The maximum Gasteiger partial charge on any atom is 0.412 e. The van der Waals surface area contributed by atoms with Crippen molar-refractivity contribution in [3.8, 4) is 0 Å². The van der Waals surface area contributed by atoms with E-state index in [1.54, 1.807) is 0 Å². The lowest BCUT2D eigenvalue weighted by molar-refractivity contribution is -0.147. The van der Waals surface area contributed by atoms with Crippen LogP contribution in [-0.2, 0) is 6.18 Å². The van der Waals surface area contributed by atoms with Gasteiger partial charge in [-0.05, 0) is 19.1 Å². The monoisotopic (exact) mass is 363 g/mol. The number of aliphatic imine (C=N–C) groups is 1. The van der Waals surface area contributed by atoms with Crippen molar-refractivity contribution >= 4 is 17.2 Å². The summed E-state index contributed by atoms with van der Waals surface area (Å²) in [5, 5.41) is 6.62. The van der Waals surface area contributed by atoms with Crippen LogP contribution in [0.1, 0.15) is 18.9 Å². The summed E-state index contributed by atoms with van der Waals surface area (Å²) < 4.78 is 76.8. The molecule has 0 bridgehead atoms. The standard InChI is InChI=1S/C14H11F6N5/c1-12(6-10(24-25-12)14(18,19)20)11(21)23-7-3-4-9(22-2)8(5-7)13(15,16)17/h3-5,10H,6H2,1H3,(H2,21,23). The first-order valence-electron chi connectivity index (χ1n) is 6.79. The van der Waals surface area contributed by atoms with Crippen molar-refractivity contribution < 1.29 is 26.3 Å². The summed E-state index contributed by atoms with van der Waals surface area (Å²) in [6.45, 7) is 8.02. The number of amidine groups is 1. The van der Waals surface area contributed by atoms with Crippen LogP contribution in [0.3, 0.4) is 0 Å². The van der Waals surface area contributed by atoms with Gasteiger partial charge >= 0.3 is 12.4 Å². The number of halogens is 6. The number of azo groups is 1. The second-order valence-corrected chi connectivity index (χ2v) is 5.56. The van der Waals surface area contributed by atoms with Gasteiger partial charge in [-0.1, -0.05) is 6.07 Å². The normalized spacial score (nSPS) is 24.4. The first-order valence-corrected chi connectivity index (χ1v) is 6.79. The smallest absolute Gasteiger partial charge is 0.385 e. The molecule has 2 rings (SSSR count). The van der Waals surface area contributed by atoms with Crippen LogP contribution in [-0.4, -0.2) is 23.6 Å². The first-order chi connectivity index (χ1) is 11.4. The number of nitrogens with two attached hydrogens (primary N) is 1. The molecule has 5 nitrogen and oxygen atoms in total. The lowest BCUT2D eigenvalue weighted by atomic mass is 9.94. The van der Waals surface area contributed by atoms with E-state index in [0.29, 0.717) is 6.07 Å². The van der Waals surface area contributed by atoms with Crippen molar-refractivity contribution in [3.63, 3.8) is 0 Å². The summed E-state index contributed by atoms with van der Waals surface area (Å²) in [4.78, 5) is 6.53. The highest BCUT2D eigenvalue weighted by molar-refractivity contribution is 5.92. The molecule has 2 unspecified atom stereocenters. The molecule has 2 N–H and O–H groups in total. The SMILES string of the molecule is [C-]#[N+]c1ccc(N=C(N)C2(C)CC(C(F)(F)F)N=N2)cc1C(F)(F)F. The molecule has 1 heterocycles. The quantitative estimate of drug-likeness (QED) is 0.349. The van der Waals surface area contributed by atoms with Crippen molar-refractivity contribution in [2.45, 2.75) is 37.3 Å². The summed E-state index contributed by atoms with van der Waals surface area (Å²) in [5.74, 6) is -0.397. The third kappa shape index (κ3) is 3.89. The predicted octanol–water partition coefficient (Wildman–Crippen LogP) is 4.79. The maximum absolute atomic E-state index is 12.9. The topological polar surface area (TPSA) is 67.5 Å². The first kappa shape index (κ1) is 18.7. The Morgan fingerprint density at radius 2 is 1.96 bits per heavy atom. The minimum Gasteiger partial charge on any atom is -0.385 e. The average Bonchev–Trinajstić information content (AvgIpc) is 2.90. The van der Waals surface area contributed by atoms with Crippen LogP contribution in [0.2, 0.25) is 0 Å². The summed E-state index contributed by atoms with van der Waals surface area (Å²) in [6, 6.07) is 0.601. The third-order valence-electron chi connectivity index (χ3n) is 3.59. The second kappa shape index (κ2) is 6.02. The molecule has 0 radical (unpaired) electrons. The van der Waals surface area contributed by atoms with Crippen LogP contribution in [0.5, 0.6) is 0 Å². The largest absolute Gasteiger partial charge is 0.412 e. The number of hydrogen-bond acceptors (Lipinski definition) is 3. The molecule has 0 fully saturated rings.